The summed E-state index contributed by atoms with van der Waals surface area (Å²) >= 11 is 10.0. The number of anilines is 3. The first kappa shape index (κ1) is 81.4. The second kappa shape index (κ2) is 34.9. The number of hydrogen-bond acceptors (Lipinski definition) is 22. The van der Waals surface area contributed by atoms with Gasteiger partial charge in [-0.05, 0) is 198 Å². The smallest absolute Gasteiger partial charge is 0.298 e. The first-order valence-corrected chi connectivity index (χ1v) is 40.2. The van der Waals surface area contributed by atoms with E-state index in [0.717, 1.165) is 103 Å². The molecule has 5 N–H and O–H groups in total. The summed E-state index contributed by atoms with van der Waals surface area (Å²) in [6, 6.07) is 15.9. The number of halogens is 9. The van der Waals surface area contributed by atoms with Crippen molar-refractivity contribution in [1.82, 2.24) is 69.5 Å². The fourth-order valence-corrected chi connectivity index (χ4v) is 14.4. The van der Waals surface area contributed by atoms with Crippen molar-refractivity contribution in [2.24, 2.45) is 0 Å². The number of carbonyl (C=O) groups is 4. The number of nitrogens with zero attached hydrogens (tertiary/aromatic N) is 13. The number of aromatic nitrogens is 13. The Morgan fingerprint density at radius 3 is 1.38 bits per heavy atom. The Morgan fingerprint density at radius 1 is 0.545 bits per heavy atom. The van der Waals surface area contributed by atoms with Crippen molar-refractivity contribution in [3.8, 4) is 11.1 Å². The highest BCUT2D eigenvalue weighted by atomic mass is 79.9. The Labute approximate surface area is 658 Å². The maximum absolute atomic E-state index is 15.1. The highest BCUT2D eigenvalue weighted by molar-refractivity contribution is 9.11. The normalized spacial score (nSPS) is 15.9. The summed E-state index contributed by atoms with van der Waals surface area (Å²) in [6.07, 6.45) is 16.8. The zero-order chi connectivity index (χ0) is 80.0. The first-order valence-electron chi connectivity index (χ1n) is 34.5. The molecule has 3 aliphatic rings. The molecule has 586 valence electrons. The number of amides is 1. The number of pyridine rings is 5. The van der Waals surface area contributed by atoms with Crippen LogP contribution in [0, 0.1) is 34.9 Å². The lowest BCUT2D eigenvalue weighted by molar-refractivity contribution is -0.0762. The number of aromatic amines is 1. The van der Waals surface area contributed by atoms with Crippen LogP contribution in [0.1, 0.15) is 149 Å². The Balaban J connectivity index is 0.000000140. The minimum absolute atomic E-state index is 0.0119. The van der Waals surface area contributed by atoms with Gasteiger partial charge in [-0.1, -0.05) is 0 Å². The third kappa shape index (κ3) is 17.6. The predicted molar refractivity (Wildman–Crippen MR) is 408 cm³/mol. The van der Waals surface area contributed by atoms with Crippen LogP contribution in [-0.2, 0) is 39.1 Å². The Morgan fingerprint density at radius 2 is 0.955 bits per heavy atom. The number of nitrogens with two attached hydrogens (primary N) is 1. The minimum Gasteiger partial charge on any atom is -0.394 e. The van der Waals surface area contributed by atoms with Crippen molar-refractivity contribution in [3.63, 3.8) is 0 Å². The molecular formula is C72H66Br3F6N17O12S2. The summed E-state index contributed by atoms with van der Waals surface area (Å²) < 4.78 is 161. The third-order valence-electron chi connectivity index (χ3n) is 18.0. The fraction of sp³-hybridized carbons (Fsp3) is 0.292. The number of nitrogen functional groups attached to an aromatic ring is 1. The van der Waals surface area contributed by atoms with Crippen molar-refractivity contribution in [1.29, 1.82) is 0 Å². The van der Waals surface area contributed by atoms with Crippen LogP contribution in [0.5, 0.6) is 0 Å². The van der Waals surface area contributed by atoms with Crippen molar-refractivity contribution < 1.29 is 81.4 Å². The van der Waals surface area contributed by atoms with Crippen LogP contribution in [0.2, 0.25) is 0 Å². The monoisotopic (exact) mass is 1780 g/mol. The van der Waals surface area contributed by atoms with E-state index in [-0.39, 0.29) is 52.4 Å². The van der Waals surface area contributed by atoms with Crippen LogP contribution in [0.4, 0.5) is 43.4 Å². The molecule has 12 heterocycles. The van der Waals surface area contributed by atoms with Gasteiger partial charge in [0.1, 0.15) is 51.6 Å². The number of H-pyrrole nitrogens is 1. The molecule has 3 saturated heterocycles. The lowest BCUT2D eigenvalue weighted by Gasteiger charge is -2.23. The van der Waals surface area contributed by atoms with Crippen molar-refractivity contribution in [3.05, 3.63) is 198 Å². The van der Waals surface area contributed by atoms with Gasteiger partial charge in [-0.3, -0.25) is 43.5 Å². The molecular weight excluding hydrogens is 1710 g/mol. The molecule has 3 aliphatic heterocycles. The molecule has 0 radical (unpaired) electrons. The number of carbonyl (C=O) groups excluding carboxylic acids is 4. The summed E-state index contributed by atoms with van der Waals surface area (Å²) in [5.41, 5.74) is 4.86. The van der Waals surface area contributed by atoms with E-state index in [4.69, 9.17) is 24.8 Å². The molecule has 29 nitrogen and oxygen atoms in total. The number of rotatable bonds is 18. The van der Waals surface area contributed by atoms with E-state index in [2.05, 4.69) is 98.2 Å². The zero-order valence-corrected chi connectivity index (χ0v) is 65.9. The number of hydroxylamine groups is 2. The number of nitrogens with one attached hydrogen (secondary N) is 3. The van der Waals surface area contributed by atoms with Crippen LogP contribution in [-0.4, -0.2) is 155 Å². The van der Waals surface area contributed by atoms with Crippen molar-refractivity contribution in [2.45, 2.75) is 90.3 Å². The minimum atomic E-state index is -3.97. The number of ether oxygens (including phenoxy) is 3. The molecule has 40 heteroatoms. The molecule has 0 spiro atoms. The number of fused-ring (bicyclic) bond motifs is 4. The molecule has 12 aromatic rings. The fourth-order valence-electron chi connectivity index (χ4n) is 12.1. The maximum atomic E-state index is 15.1. The third-order valence-corrected chi connectivity index (χ3v) is 21.8. The molecule has 3 unspecified atom stereocenters. The summed E-state index contributed by atoms with van der Waals surface area (Å²) in [5.74, 6) is -10.4. The maximum Gasteiger partial charge on any atom is 0.298 e. The second-order valence-electron chi connectivity index (χ2n) is 25.2. The zero-order valence-electron chi connectivity index (χ0n) is 59.5. The molecule has 0 aliphatic carbocycles. The SMILES string of the molecule is CCS(=O)(=O)Nc1c(F)ccc(C(=O)c2[nH]nc3ncc(-c4ccncc4)cc23)c1F.CCS(=O)(=O)Nc1c(F)ccc(C(=O)c2nn(C3CCCCO3)c3ncc(Br)cc23)c1F.CON(C)C(=O)c1nn(C2CCCCO2)c2ncc(Br)cc12.Nc1c(F)ccc(C(=O)c2nn(C3CCCCO3)c3ncc(Br)cc23)c1F. The number of sulfonamides is 2. The first-order chi connectivity index (χ1) is 53.6. The van der Waals surface area contributed by atoms with Gasteiger partial charge in [-0.25, -0.2) is 82.2 Å². The van der Waals surface area contributed by atoms with Crippen LogP contribution in [0.25, 0.3) is 55.3 Å². The van der Waals surface area contributed by atoms with E-state index in [1.54, 1.807) is 83.9 Å². The average molecular weight is 1780 g/mol. The average Bonchev–Trinajstić information content (AvgIpc) is 1.61. The summed E-state index contributed by atoms with van der Waals surface area (Å²) in [7, 11) is -4.94. The topological polar surface area (TPSA) is 373 Å². The molecule has 15 rings (SSSR count). The van der Waals surface area contributed by atoms with Crippen LogP contribution < -0.4 is 15.2 Å². The Kier molecular flexibility index (Phi) is 25.4. The largest absolute Gasteiger partial charge is 0.394 e. The molecule has 0 bridgehead atoms. The van der Waals surface area contributed by atoms with Gasteiger partial charge in [0, 0.05) is 83.0 Å². The van der Waals surface area contributed by atoms with Gasteiger partial charge in [0.05, 0.1) is 56.9 Å². The molecule has 0 saturated carbocycles. The predicted octanol–water partition coefficient (Wildman–Crippen LogP) is 14.0. The van der Waals surface area contributed by atoms with E-state index in [1.165, 1.54) is 25.6 Å². The van der Waals surface area contributed by atoms with E-state index in [9.17, 15) is 58.0 Å². The highest BCUT2D eigenvalue weighted by Crippen LogP contribution is 2.36. The van der Waals surface area contributed by atoms with Gasteiger partial charge in [0.15, 0.2) is 64.4 Å². The second-order valence-corrected chi connectivity index (χ2v) is 32.0. The summed E-state index contributed by atoms with van der Waals surface area (Å²) in [4.78, 5) is 78.0. The van der Waals surface area contributed by atoms with Crippen molar-refractivity contribution >= 4 is 152 Å². The molecule has 3 fully saturated rings. The number of hydrogen-bond donors (Lipinski definition) is 4. The van der Waals surface area contributed by atoms with Gasteiger partial charge in [0.25, 0.3) is 5.91 Å². The number of benzene rings is 3. The van der Waals surface area contributed by atoms with E-state index in [1.807, 2.05) is 15.5 Å². The Bertz CT molecular complexity index is 5850. The van der Waals surface area contributed by atoms with Gasteiger partial charge < -0.3 is 19.9 Å². The Hall–Kier alpha value is -10.1. The summed E-state index contributed by atoms with van der Waals surface area (Å²) in [5, 5.41) is 22.7. The van der Waals surface area contributed by atoms with E-state index < -0.39 is 112 Å². The van der Waals surface area contributed by atoms with Gasteiger partial charge in [-0.2, -0.15) is 20.4 Å². The standard InChI is InChI=1S/C20H19BrF2N4O4S.C20H15F2N5O3S.C18H15BrF2N4O2.C14H17BrN4O3/c1-2-32(29,30)26-18-14(22)7-6-12(16(18)23)19(28)17-13-9-11(21)10-24-20(13)27(25-17)15-5-3-4-8-31-15;1-2-31(29,30)27-18-15(21)4-3-13(16(18)22)19(28)17-14-9-12(10-24-20(14)26-25-17)11-5-7-23-8-6-11;19-9-7-11-16(17(26)10-4-5-12(20)15(22)14(10)21)24-25(18(11)23-8-9)13-3-1-2-6-27-13;1-18(21-2)14(20)12-10-7-9(15)8-16-13(10)19(17-12)11-5-3-4-6-22-11/h6-7,9-10,15,26H,2-5,8H2,1H3;3-10,27H,2H2,1H3,(H,24,25,26);4-5,7-8,13H,1-3,6,22H2;7-8,11H,3-6H2,1-2H3. The number of ketones is 3. The van der Waals surface area contributed by atoms with Gasteiger partial charge >= 0.3 is 0 Å². The van der Waals surface area contributed by atoms with Crippen LogP contribution >= 0.6 is 47.8 Å². The molecule has 9 aromatic heterocycles. The highest BCUT2D eigenvalue weighted by Gasteiger charge is 2.33. The van der Waals surface area contributed by atoms with Crippen molar-refractivity contribution in [2.75, 3.05) is 60.7 Å². The lowest BCUT2D eigenvalue weighted by atomic mass is 10.0. The molecule has 3 aromatic carbocycles. The van der Waals surface area contributed by atoms with Gasteiger partial charge in [-0.15, -0.1) is 0 Å². The summed E-state index contributed by atoms with van der Waals surface area (Å²) in [6.45, 7) is 4.47. The van der Waals surface area contributed by atoms with Gasteiger partial charge in [0.2, 0.25) is 37.4 Å². The lowest BCUT2D eigenvalue weighted by Crippen LogP contribution is -2.26. The quantitative estimate of drug-likeness (QED) is 0.0268. The van der Waals surface area contributed by atoms with E-state index in [0.29, 0.717) is 84.9 Å². The molecule has 3 atom stereocenters. The molecule has 1 amide bonds. The van der Waals surface area contributed by atoms with Crippen LogP contribution in [0.15, 0.2) is 123 Å². The van der Waals surface area contributed by atoms with Crippen LogP contribution in [0.3, 0.4) is 0 Å². The van der Waals surface area contributed by atoms with E-state index >= 15 is 4.39 Å². The molecule has 112 heavy (non-hydrogen) atoms.